The van der Waals surface area contributed by atoms with Crippen molar-refractivity contribution in [3.8, 4) is 0 Å². The van der Waals surface area contributed by atoms with Crippen molar-refractivity contribution in [3.05, 3.63) is 81.2 Å². The third-order valence-electron chi connectivity index (χ3n) is 12.7. The van der Waals surface area contributed by atoms with E-state index in [9.17, 15) is 24.3 Å². The Bertz CT molecular complexity index is 2570. The van der Waals surface area contributed by atoms with Gasteiger partial charge in [-0.05, 0) is 101 Å². The molecule has 340 valence electrons. The molecule has 64 heavy (non-hydrogen) atoms. The molecule has 2 aromatic rings. The lowest BCUT2D eigenvalue weighted by molar-refractivity contribution is -0.131. The number of H-pyrrole nitrogens is 2. The molecule has 16 heteroatoms. The maximum absolute atomic E-state index is 15.1. The van der Waals surface area contributed by atoms with Gasteiger partial charge in [0.2, 0.25) is 5.91 Å². The Balaban J connectivity index is 1.39. The van der Waals surface area contributed by atoms with Crippen LogP contribution in [0.3, 0.4) is 0 Å². The molecule has 16 nitrogen and oxygen atoms in total. The van der Waals surface area contributed by atoms with Crippen LogP contribution >= 0.6 is 0 Å². The number of carboxylic acid groups (broad SMARTS) is 1. The molecule has 2 atom stereocenters. The molecule has 7 rings (SSSR count). The molecule has 8 bridgehead atoms. The fourth-order valence-corrected chi connectivity index (χ4v) is 9.04. The van der Waals surface area contributed by atoms with Crippen LogP contribution in [0.2, 0.25) is 0 Å². The fraction of sp³-hybridized carbons (Fsp3) is 0.479. The molecule has 2 aromatic heterocycles. The number of imide groups is 1. The first kappa shape index (κ1) is 45.9. The van der Waals surface area contributed by atoms with Gasteiger partial charge in [-0.15, -0.1) is 0 Å². The van der Waals surface area contributed by atoms with Crippen molar-refractivity contribution < 1.29 is 38.6 Å². The number of carbonyl (C=O) groups excluding carboxylic acids is 4. The SMILES string of the molecule is CCC1=C(C)c2cc3nc(cc4[nH]c(c5c6[nH]c(cc1n2)c(C)c6C(=O)N(CCN1CCOCC1)C5=O)[C@@H](CCC(=O)N(C)CCNC(=O)OC(C)(C)C)[C@@H]4C)C(C)=C3/C=C\C(=O)O. The van der Waals surface area contributed by atoms with E-state index in [2.05, 4.69) is 27.1 Å². The third-order valence-corrected chi connectivity index (χ3v) is 12.7. The molecule has 0 aromatic carbocycles. The van der Waals surface area contributed by atoms with E-state index >= 15 is 4.79 Å². The van der Waals surface area contributed by atoms with Gasteiger partial charge in [0, 0.05) is 93.1 Å². The molecular formula is C48H60N8O8. The number of fused-ring (bicyclic) bond motifs is 8. The zero-order valence-electron chi connectivity index (χ0n) is 38.4. The number of aliphatic carboxylic acids is 1. The van der Waals surface area contributed by atoms with Gasteiger partial charge in [0.25, 0.3) is 11.8 Å². The number of carbonyl (C=O) groups is 5. The summed E-state index contributed by atoms with van der Waals surface area (Å²) < 4.78 is 10.9. The summed E-state index contributed by atoms with van der Waals surface area (Å²) in [5, 5.41) is 12.3. The highest BCUT2D eigenvalue weighted by atomic mass is 16.6. The zero-order valence-corrected chi connectivity index (χ0v) is 38.4. The first-order chi connectivity index (χ1) is 30.4. The normalized spacial score (nSPS) is 18.5. The summed E-state index contributed by atoms with van der Waals surface area (Å²) in [5.74, 6) is -2.67. The van der Waals surface area contributed by atoms with Crippen molar-refractivity contribution in [1.29, 1.82) is 0 Å². The van der Waals surface area contributed by atoms with Crippen LogP contribution in [0, 0.1) is 6.92 Å². The Morgan fingerprint density at radius 3 is 2.34 bits per heavy atom. The van der Waals surface area contributed by atoms with Crippen LogP contribution in [0.5, 0.6) is 0 Å². The minimum absolute atomic E-state index is 0.133. The summed E-state index contributed by atoms with van der Waals surface area (Å²) in [7, 11) is 1.69. The van der Waals surface area contributed by atoms with Crippen LogP contribution in [-0.2, 0) is 19.1 Å². The average molecular weight is 877 g/mol. The molecule has 0 radical (unpaired) electrons. The maximum Gasteiger partial charge on any atom is 0.407 e. The monoisotopic (exact) mass is 876 g/mol. The zero-order chi connectivity index (χ0) is 46.2. The molecule has 5 aliphatic rings. The molecule has 7 heterocycles. The summed E-state index contributed by atoms with van der Waals surface area (Å²) in [6.45, 7) is 18.9. The van der Waals surface area contributed by atoms with Gasteiger partial charge >= 0.3 is 12.1 Å². The van der Waals surface area contributed by atoms with Gasteiger partial charge in [-0.25, -0.2) is 19.6 Å². The Hall–Kier alpha value is -6.13. The predicted octanol–water partition coefficient (Wildman–Crippen LogP) is 6.84. The number of aryl methyl sites for hydroxylation is 1. The van der Waals surface area contributed by atoms with E-state index < -0.39 is 23.6 Å². The fourth-order valence-electron chi connectivity index (χ4n) is 9.04. The lowest BCUT2D eigenvalue weighted by atomic mass is 9.84. The van der Waals surface area contributed by atoms with Crippen molar-refractivity contribution in [2.45, 2.75) is 92.1 Å². The smallest absolute Gasteiger partial charge is 0.407 e. The van der Waals surface area contributed by atoms with E-state index in [0.717, 1.165) is 28.5 Å². The van der Waals surface area contributed by atoms with Gasteiger partial charge in [-0.1, -0.05) is 13.8 Å². The van der Waals surface area contributed by atoms with Gasteiger partial charge in [0.15, 0.2) is 0 Å². The van der Waals surface area contributed by atoms with E-state index in [1.54, 1.807) is 38.8 Å². The Kier molecular flexibility index (Phi) is 13.3. The number of likely N-dealkylation sites (N-methyl/N-ethyl adjacent to an activating group) is 1. The van der Waals surface area contributed by atoms with Crippen molar-refractivity contribution in [1.82, 2.24) is 40.0 Å². The molecule has 1 saturated heterocycles. The quantitative estimate of drug-likeness (QED) is 0.129. The van der Waals surface area contributed by atoms with Gasteiger partial charge in [0.1, 0.15) is 5.60 Å². The summed E-state index contributed by atoms with van der Waals surface area (Å²) in [6.07, 6.45) is 3.26. The van der Waals surface area contributed by atoms with Crippen LogP contribution < -0.4 is 5.32 Å². The number of hydrogen-bond donors (Lipinski definition) is 4. The van der Waals surface area contributed by atoms with E-state index in [-0.39, 0.29) is 49.7 Å². The molecule has 4 N–H and O–H groups in total. The molecule has 0 spiro atoms. The standard InChI is InChI=1S/C48H60N8O8/c1-10-30-26(2)34-24-38-31(12-14-40(58)59)27(3)33(51-38)23-35-28(4)32(11-13-39(57)54(9)16-15-49-47(62)64-48(6,7)8)43(52-35)42-44-41(29(5)36(53-44)25-37(30)50-34)45(60)56(46(42)61)18-17-55-19-21-63-22-20-55/h12,14,23-25,28,32,52-53H,10-11,13,15-22H2,1-9H3,(H,49,62)(H,58,59)/b14-12-,35-23?,37-25?,38-24?,43-42?/t28-,32-/m0/s1. The molecule has 0 unspecified atom stereocenters. The lowest BCUT2D eigenvalue weighted by Crippen LogP contribution is -2.47. The van der Waals surface area contributed by atoms with Crippen LogP contribution in [-0.4, -0.2) is 135 Å². The van der Waals surface area contributed by atoms with Gasteiger partial charge in [-0.2, -0.15) is 0 Å². The minimum Gasteiger partial charge on any atom is -0.478 e. The molecule has 1 fully saturated rings. The lowest BCUT2D eigenvalue weighted by Gasteiger charge is -2.31. The number of hydrogen-bond acceptors (Lipinski definition) is 10. The first-order valence-electron chi connectivity index (χ1n) is 22.1. The van der Waals surface area contributed by atoms with Crippen LogP contribution in [0.4, 0.5) is 4.79 Å². The third kappa shape index (κ3) is 9.39. The van der Waals surface area contributed by atoms with Gasteiger partial charge in [-0.3, -0.25) is 24.2 Å². The predicted molar refractivity (Wildman–Crippen MR) is 244 cm³/mol. The van der Waals surface area contributed by atoms with Crippen molar-refractivity contribution in [2.75, 3.05) is 59.5 Å². The number of nitrogens with zero attached hydrogens (tertiary/aromatic N) is 5. The second-order valence-electron chi connectivity index (χ2n) is 18.0. The van der Waals surface area contributed by atoms with Gasteiger partial charge < -0.3 is 34.8 Å². The molecule has 0 aliphatic carbocycles. The summed E-state index contributed by atoms with van der Waals surface area (Å²) in [6, 6.07) is 5.75. The Morgan fingerprint density at radius 1 is 0.969 bits per heavy atom. The highest BCUT2D eigenvalue weighted by Crippen LogP contribution is 2.45. The van der Waals surface area contributed by atoms with Crippen molar-refractivity contribution >= 4 is 63.1 Å². The van der Waals surface area contributed by atoms with E-state index in [0.29, 0.717) is 107 Å². The van der Waals surface area contributed by atoms with Crippen LogP contribution in [0.15, 0.2) is 30.4 Å². The molecule has 4 amide bonds. The number of nitrogens with one attached hydrogen (secondary N) is 3. The minimum atomic E-state index is -1.09. The number of carboxylic acids is 1. The second kappa shape index (κ2) is 18.5. The number of morpholine rings is 1. The van der Waals surface area contributed by atoms with Crippen molar-refractivity contribution in [3.63, 3.8) is 0 Å². The van der Waals surface area contributed by atoms with E-state index in [4.69, 9.17) is 19.4 Å². The number of allylic oxidation sites excluding steroid dienone is 5. The number of ether oxygens (including phenoxy) is 2. The van der Waals surface area contributed by atoms with Crippen molar-refractivity contribution in [2.24, 2.45) is 0 Å². The Morgan fingerprint density at radius 2 is 1.66 bits per heavy atom. The van der Waals surface area contributed by atoms with Crippen LogP contribution in [0.25, 0.3) is 33.3 Å². The highest BCUT2D eigenvalue weighted by molar-refractivity contribution is 6.23. The number of amides is 4. The largest absolute Gasteiger partial charge is 0.478 e. The summed E-state index contributed by atoms with van der Waals surface area (Å²) in [4.78, 5) is 89.9. The summed E-state index contributed by atoms with van der Waals surface area (Å²) in [5.41, 5.74) is 9.15. The van der Waals surface area contributed by atoms with E-state index in [1.807, 2.05) is 45.9 Å². The topological polar surface area (TPSA) is 203 Å². The molecule has 5 aliphatic heterocycles. The van der Waals surface area contributed by atoms with E-state index in [1.165, 1.54) is 4.90 Å². The highest BCUT2D eigenvalue weighted by Gasteiger charge is 2.41. The number of rotatable bonds is 12. The number of aromatic amines is 2. The second-order valence-corrected chi connectivity index (χ2v) is 18.0. The average Bonchev–Trinajstić information content (AvgIpc) is 3.91. The maximum atomic E-state index is 15.1. The first-order valence-corrected chi connectivity index (χ1v) is 22.1. The molecule has 0 saturated carbocycles. The number of alkyl carbamates (subject to hydrolysis) is 1. The Labute approximate surface area is 373 Å². The molecular weight excluding hydrogens is 817 g/mol. The summed E-state index contributed by atoms with van der Waals surface area (Å²) >= 11 is 0. The number of aromatic nitrogens is 4. The van der Waals surface area contributed by atoms with Crippen LogP contribution in [0.1, 0.15) is 140 Å². The van der Waals surface area contributed by atoms with Gasteiger partial charge in [0.05, 0.1) is 52.6 Å².